The van der Waals surface area contributed by atoms with Crippen molar-refractivity contribution in [3.8, 4) is 11.4 Å². The molecule has 0 amide bonds. The monoisotopic (exact) mass is 296 g/mol. The van der Waals surface area contributed by atoms with E-state index < -0.39 is 0 Å². The summed E-state index contributed by atoms with van der Waals surface area (Å²) in [5, 5.41) is 12.4. The molecule has 110 valence electrons. The van der Waals surface area contributed by atoms with Crippen LogP contribution in [-0.2, 0) is 4.84 Å². The maximum atomic E-state index is 5.52. The van der Waals surface area contributed by atoms with Gasteiger partial charge in [0.2, 0.25) is 5.82 Å². The molecule has 22 heavy (non-hydrogen) atoms. The minimum absolute atomic E-state index is 0.0695. The van der Waals surface area contributed by atoms with Crippen molar-refractivity contribution in [2.75, 3.05) is 13.1 Å². The summed E-state index contributed by atoms with van der Waals surface area (Å²) in [4.78, 5) is 9.86. The maximum Gasteiger partial charge on any atom is 0.276 e. The number of furan rings is 1. The van der Waals surface area contributed by atoms with E-state index in [0.717, 1.165) is 35.3 Å². The van der Waals surface area contributed by atoms with Crippen molar-refractivity contribution in [2.24, 2.45) is 11.1 Å². The molecule has 4 heterocycles. The largest absolute Gasteiger partial charge is 0.464 e. The Morgan fingerprint density at radius 2 is 2.14 bits per heavy atom. The van der Waals surface area contributed by atoms with Gasteiger partial charge in [0.15, 0.2) is 5.71 Å². The van der Waals surface area contributed by atoms with E-state index in [0.29, 0.717) is 11.7 Å². The predicted octanol–water partition coefficient (Wildman–Crippen LogP) is 1.81. The molecule has 2 aliphatic rings. The Hall–Kier alpha value is -2.67. The van der Waals surface area contributed by atoms with Crippen LogP contribution in [0, 0.1) is 5.92 Å². The Morgan fingerprint density at radius 1 is 1.18 bits per heavy atom. The van der Waals surface area contributed by atoms with E-state index in [4.69, 9.17) is 13.8 Å². The summed E-state index contributed by atoms with van der Waals surface area (Å²) in [5.74, 6) is 1.09. The lowest BCUT2D eigenvalue weighted by Gasteiger charge is -2.03. The predicted molar refractivity (Wildman–Crippen MR) is 77.3 cm³/mol. The molecular weight excluding hydrogens is 284 g/mol. The molecule has 7 heteroatoms. The molecular formula is C15H12N4O3. The molecule has 0 aliphatic carbocycles. The van der Waals surface area contributed by atoms with Crippen LogP contribution in [0.2, 0.25) is 0 Å². The maximum absolute atomic E-state index is 5.52. The van der Waals surface area contributed by atoms with Crippen molar-refractivity contribution in [1.82, 2.24) is 15.5 Å². The lowest BCUT2D eigenvalue weighted by Crippen LogP contribution is -2.22. The van der Waals surface area contributed by atoms with Crippen LogP contribution in [0.25, 0.3) is 22.4 Å². The smallest absolute Gasteiger partial charge is 0.276 e. The van der Waals surface area contributed by atoms with Gasteiger partial charge in [-0.25, -0.2) is 0 Å². The number of hydrogen-bond acceptors (Lipinski definition) is 7. The van der Waals surface area contributed by atoms with Gasteiger partial charge in [-0.3, -0.25) is 0 Å². The van der Waals surface area contributed by atoms with E-state index in [1.807, 2.05) is 24.3 Å². The highest BCUT2D eigenvalue weighted by Crippen LogP contribution is 2.30. The number of para-hydroxylation sites is 1. The molecule has 2 aliphatic heterocycles. The zero-order valence-electron chi connectivity index (χ0n) is 11.5. The Bertz CT molecular complexity index is 882. The highest BCUT2D eigenvalue weighted by atomic mass is 16.6. The van der Waals surface area contributed by atoms with Crippen LogP contribution in [-0.4, -0.2) is 35.0 Å². The summed E-state index contributed by atoms with van der Waals surface area (Å²) in [5.41, 5.74) is 2.33. The van der Waals surface area contributed by atoms with Crippen molar-refractivity contribution in [3.63, 3.8) is 0 Å². The van der Waals surface area contributed by atoms with E-state index >= 15 is 0 Å². The lowest BCUT2D eigenvalue weighted by atomic mass is 10.0. The molecule has 5 rings (SSSR count). The fourth-order valence-corrected chi connectivity index (χ4v) is 3.02. The van der Waals surface area contributed by atoms with E-state index in [1.54, 1.807) is 6.26 Å². The fraction of sp³-hybridized carbons (Fsp3) is 0.267. The minimum atomic E-state index is 0.0695. The van der Waals surface area contributed by atoms with Crippen LogP contribution in [0.5, 0.6) is 0 Å². The molecule has 7 nitrogen and oxygen atoms in total. The van der Waals surface area contributed by atoms with Gasteiger partial charge in [0.25, 0.3) is 5.89 Å². The Balaban J connectivity index is 1.54. The summed E-state index contributed by atoms with van der Waals surface area (Å²) < 4.78 is 10.9. The van der Waals surface area contributed by atoms with Crippen LogP contribution in [0.15, 0.2) is 44.6 Å². The first-order chi connectivity index (χ1) is 10.9. The first-order valence-electron chi connectivity index (χ1n) is 7.15. The number of benzene rings is 1. The molecule has 0 spiro atoms. The van der Waals surface area contributed by atoms with Gasteiger partial charge >= 0.3 is 0 Å². The molecule has 1 saturated heterocycles. The second-order valence-electron chi connectivity index (χ2n) is 5.45. The number of nitrogens with zero attached hydrogens (tertiary/aromatic N) is 3. The average Bonchev–Trinajstić information content (AvgIpc) is 3.29. The van der Waals surface area contributed by atoms with Crippen molar-refractivity contribution in [1.29, 1.82) is 0 Å². The third-order valence-electron chi connectivity index (χ3n) is 4.16. The van der Waals surface area contributed by atoms with Crippen molar-refractivity contribution in [2.45, 2.75) is 6.10 Å². The highest BCUT2D eigenvalue weighted by molar-refractivity contribution is 6.00. The number of fused-ring (bicyclic) bond motifs is 2. The molecule has 2 aromatic heterocycles. The summed E-state index contributed by atoms with van der Waals surface area (Å²) in [6.07, 6.45) is 1.71. The van der Waals surface area contributed by atoms with E-state index in [-0.39, 0.29) is 12.0 Å². The molecule has 3 aromatic rings. The second-order valence-corrected chi connectivity index (χ2v) is 5.45. The third kappa shape index (κ3) is 1.62. The number of oxime groups is 1. The van der Waals surface area contributed by atoms with Crippen LogP contribution in [0.4, 0.5) is 0 Å². The van der Waals surface area contributed by atoms with Gasteiger partial charge in [-0.05, 0) is 6.07 Å². The van der Waals surface area contributed by atoms with Crippen molar-refractivity contribution < 1.29 is 13.8 Å². The molecule has 0 radical (unpaired) electrons. The summed E-state index contributed by atoms with van der Waals surface area (Å²) >= 11 is 0. The van der Waals surface area contributed by atoms with Gasteiger partial charge in [-0.1, -0.05) is 28.5 Å². The van der Waals surface area contributed by atoms with Gasteiger partial charge in [-0.2, -0.15) is 4.98 Å². The topological polar surface area (TPSA) is 85.7 Å². The van der Waals surface area contributed by atoms with Gasteiger partial charge in [0.05, 0.1) is 11.5 Å². The van der Waals surface area contributed by atoms with Crippen molar-refractivity contribution >= 4 is 16.7 Å². The standard InChI is InChI=1S/C15H12N4O3/c1-2-4-11-8(3-1)10(7-20-11)14-17-15(22-19-14)13-9-5-16-6-12(9)21-18-13/h1-4,7,9,12,16H,5-6H2/t9-,12+/m1/s1. The molecule has 0 saturated carbocycles. The second kappa shape index (κ2) is 4.41. The summed E-state index contributed by atoms with van der Waals surface area (Å²) in [6.45, 7) is 1.61. The summed E-state index contributed by atoms with van der Waals surface area (Å²) in [6, 6.07) is 7.75. The minimum Gasteiger partial charge on any atom is -0.464 e. The Labute approximate surface area is 124 Å². The zero-order chi connectivity index (χ0) is 14.5. The lowest BCUT2D eigenvalue weighted by molar-refractivity contribution is 0.0841. The number of rotatable bonds is 2. The first kappa shape index (κ1) is 11.9. The summed E-state index contributed by atoms with van der Waals surface area (Å²) in [7, 11) is 0. The van der Waals surface area contributed by atoms with Gasteiger partial charge in [0, 0.05) is 18.5 Å². The van der Waals surface area contributed by atoms with Crippen LogP contribution < -0.4 is 5.32 Å². The molecule has 1 fully saturated rings. The number of hydrogen-bond donors (Lipinski definition) is 1. The Kier molecular flexibility index (Phi) is 2.39. The average molecular weight is 296 g/mol. The molecule has 1 aromatic carbocycles. The van der Waals surface area contributed by atoms with Crippen LogP contribution in [0.3, 0.4) is 0 Å². The SMILES string of the molecule is c1ccc2c(-c3noc(C4=NO[C@H]5CNC[C@@H]45)n3)coc2c1. The molecule has 1 N–H and O–H groups in total. The van der Waals surface area contributed by atoms with Crippen LogP contribution in [0.1, 0.15) is 5.89 Å². The van der Waals surface area contributed by atoms with Gasteiger partial charge in [-0.15, -0.1) is 0 Å². The van der Waals surface area contributed by atoms with Gasteiger partial charge in [0.1, 0.15) is 18.0 Å². The molecule has 0 bridgehead atoms. The van der Waals surface area contributed by atoms with Gasteiger partial charge < -0.3 is 19.1 Å². The Morgan fingerprint density at radius 3 is 3.14 bits per heavy atom. The van der Waals surface area contributed by atoms with Crippen molar-refractivity contribution in [3.05, 3.63) is 36.4 Å². The third-order valence-corrected chi connectivity index (χ3v) is 4.16. The van der Waals surface area contributed by atoms with E-state index in [1.165, 1.54) is 0 Å². The van der Waals surface area contributed by atoms with E-state index in [2.05, 4.69) is 20.6 Å². The zero-order valence-corrected chi connectivity index (χ0v) is 11.5. The number of nitrogens with one attached hydrogen (secondary N) is 1. The fourth-order valence-electron chi connectivity index (χ4n) is 3.02. The molecule has 2 atom stereocenters. The highest BCUT2D eigenvalue weighted by Gasteiger charge is 2.41. The molecule has 0 unspecified atom stereocenters. The van der Waals surface area contributed by atoms with E-state index in [9.17, 15) is 0 Å². The normalized spacial score (nSPS) is 23.5. The van der Waals surface area contributed by atoms with Crippen LogP contribution >= 0.6 is 0 Å². The first-order valence-corrected chi connectivity index (χ1v) is 7.15. The number of aromatic nitrogens is 2. The quantitative estimate of drug-likeness (QED) is 0.776.